The number of nitrogens with zero attached hydrogens (tertiary/aromatic N) is 1. The summed E-state index contributed by atoms with van der Waals surface area (Å²) in [5.74, 6) is 0. The summed E-state index contributed by atoms with van der Waals surface area (Å²) in [4.78, 5) is 0.262. The Balaban J connectivity index is 2.88. The van der Waals surface area contributed by atoms with Crippen molar-refractivity contribution in [3.63, 3.8) is 0 Å². The van der Waals surface area contributed by atoms with Crippen LogP contribution >= 0.6 is 27.5 Å². The van der Waals surface area contributed by atoms with Crippen LogP contribution in [0.25, 0.3) is 0 Å². The lowest BCUT2D eigenvalue weighted by Crippen LogP contribution is -2.28. The van der Waals surface area contributed by atoms with Gasteiger partial charge in [-0.1, -0.05) is 31.4 Å². The van der Waals surface area contributed by atoms with Gasteiger partial charge in [-0.3, -0.25) is 0 Å². The van der Waals surface area contributed by atoms with Crippen LogP contribution in [-0.2, 0) is 10.0 Å². The largest absolute Gasteiger partial charge is 0.242 e. The second-order valence-electron chi connectivity index (χ2n) is 4.11. The Labute approximate surface area is 122 Å². The average molecular weight is 355 g/mol. The Morgan fingerprint density at radius 2 is 2.00 bits per heavy atom. The monoisotopic (exact) mass is 353 g/mol. The standard InChI is InChI=1S/C12H17BrClNO2S/c1-3-4-5-8-15(2)18(16,17)10-6-7-12(14)11(13)9-10/h6-7,9H,3-5,8H2,1-2H3. The highest BCUT2D eigenvalue weighted by atomic mass is 79.9. The molecule has 0 heterocycles. The van der Waals surface area contributed by atoms with Crippen LogP contribution in [0.3, 0.4) is 0 Å². The zero-order valence-corrected chi connectivity index (χ0v) is 13.6. The molecule has 0 N–H and O–H groups in total. The van der Waals surface area contributed by atoms with Gasteiger partial charge in [0.2, 0.25) is 10.0 Å². The Morgan fingerprint density at radius 1 is 1.33 bits per heavy atom. The molecule has 6 heteroatoms. The number of benzene rings is 1. The maximum absolute atomic E-state index is 12.3. The molecular formula is C12H17BrClNO2S. The van der Waals surface area contributed by atoms with Crippen molar-refractivity contribution in [2.75, 3.05) is 13.6 Å². The van der Waals surface area contributed by atoms with E-state index in [1.54, 1.807) is 13.1 Å². The summed E-state index contributed by atoms with van der Waals surface area (Å²) >= 11 is 9.09. The van der Waals surface area contributed by atoms with Gasteiger partial charge in [0, 0.05) is 18.1 Å². The third-order valence-electron chi connectivity index (χ3n) is 2.68. The molecule has 0 spiro atoms. The first-order chi connectivity index (χ1) is 8.39. The van der Waals surface area contributed by atoms with Crippen LogP contribution in [-0.4, -0.2) is 26.3 Å². The van der Waals surface area contributed by atoms with Crippen molar-refractivity contribution in [2.24, 2.45) is 0 Å². The molecule has 0 saturated heterocycles. The van der Waals surface area contributed by atoms with Crippen LogP contribution < -0.4 is 0 Å². The molecule has 0 bridgehead atoms. The van der Waals surface area contributed by atoms with Crippen molar-refractivity contribution in [3.05, 3.63) is 27.7 Å². The molecule has 0 atom stereocenters. The molecule has 0 fully saturated rings. The van der Waals surface area contributed by atoms with E-state index in [1.165, 1.54) is 16.4 Å². The maximum Gasteiger partial charge on any atom is 0.242 e. The Morgan fingerprint density at radius 3 is 2.56 bits per heavy atom. The van der Waals surface area contributed by atoms with Gasteiger partial charge in [-0.2, -0.15) is 0 Å². The number of hydrogen-bond donors (Lipinski definition) is 0. The normalized spacial score (nSPS) is 12.1. The summed E-state index contributed by atoms with van der Waals surface area (Å²) in [6.45, 7) is 2.63. The molecule has 102 valence electrons. The number of sulfonamides is 1. The minimum Gasteiger partial charge on any atom is -0.207 e. The van der Waals surface area contributed by atoms with E-state index in [2.05, 4.69) is 22.9 Å². The predicted octanol–water partition coefficient (Wildman–Crippen LogP) is 3.91. The molecule has 1 aromatic carbocycles. The van der Waals surface area contributed by atoms with Gasteiger partial charge in [0.15, 0.2) is 0 Å². The molecule has 0 radical (unpaired) electrons. The topological polar surface area (TPSA) is 37.4 Å². The summed E-state index contributed by atoms with van der Waals surface area (Å²) in [6.07, 6.45) is 2.98. The number of unbranched alkanes of at least 4 members (excludes halogenated alkanes) is 2. The van der Waals surface area contributed by atoms with Crippen LogP contribution in [0.5, 0.6) is 0 Å². The molecule has 0 amide bonds. The number of halogens is 2. The van der Waals surface area contributed by atoms with Crippen molar-refractivity contribution >= 4 is 37.6 Å². The SMILES string of the molecule is CCCCCN(C)S(=O)(=O)c1ccc(Cl)c(Br)c1. The van der Waals surface area contributed by atoms with Crippen molar-refractivity contribution in [1.29, 1.82) is 0 Å². The predicted molar refractivity (Wildman–Crippen MR) is 78.5 cm³/mol. The fourth-order valence-corrected chi connectivity index (χ4v) is 3.41. The molecule has 0 aliphatic heterocycles. The van der Waals surface area contributed by atoms with E-state index in [0.29, 0.717) is 16.0 Å². The van der Waals surface area contributed by atoms with Gasteiger partial charge >= 0.3 is 0 Å². The van der Waals surface area contributed by atoms with Crippen LogP contribution in [0.1, 0.15) is 26.2 Å². The van der Waals surface area contributed by atoms with Crippen molar-refractivity contribution in [2.45, 2.75) is 31.1 Å². The Hall–Kier alpha value is -0.100. The first-order valence-corrected chi connectivity index (χ1v) is 8.42. The Bertz CT molecular complexity index is 505. The third-order valence-corrected chi connectivity index (χ3v) is 5.74. The number of hydrogen-bond acceptors (Lipinski definition) is 2. The molecule has 1 aromatic rings. The molecule has 0 aliphatic carbocycles. The molecule has 0 saturated carbocycles. The summed E-state index contributed by atoms with van der Waals surface area (Å²) in [7, 11) is -1.81. The first kappa shape index (κ1) is 16.0. The van der Waals surface area contributed by atoms with Gasteiger partial charge in [-0.05, 0) is 40.5 Å². The molecule has 0 aromatic heterocycles. The van der Waals surface area contributed by atoms with Gasteiger partial charge in [-0.25, -0.2) is 12.7 Å². The summed E-state index contributed by atoms with van der Waals surface area (Å²) in [6, 6.07) is 4.64. The highest BCUT2D eigenvalue weighted by molar-refractivity contribution is 9.10. The maximum atomic E-state index is 12.3. The summed E-state index contributed by atoms with van der Waals surface area (Å²) < 4.78 is 26.5. The average Bonchev–Trinajstić information content (AvgIpc) is 2.32. The summed E-state index contributed by atoms with van der Waals surface area (Å²) in [5, 5.41) is 0.502. The van der Waals surface area contributed by atoms with E-state index in [4.69, 9.17) is 11.6 Å². The van der Waals surface area contributed by atoms with Crippen molar-refractivity contribution in [3.8, 4) is 0 Å². The van der Waals surface area contributed by atoms with Gasteiger partial charge in [0.25, 0.3) is 0 Å². The smallest absolute Gasteiger partial charge is 0.207 e. The highest BCUT2D eigenvalue weighted by Crippen LogP contribution is 2.26. The second kappa shape index (κ2) is 6.89. The third kappa shape index (κ3) is 3.95. The van der Waals surface area contributed by atoms with Gasteiger partial charge < -0.3 is 0 Å². The quantitative estimate of drug-likeness (QED) is 0.726. The second-order valence-corrected chi connectivity index (χ2v) is 7.42. The van der Waals surface area contributed by atoms with E-state index >= 15 is 0 Å². The fourth-order valence-electron chi connectivity index (χ4n) is 1.52. The van der Waals surface area contributed by atoms with E-state index in [0.717, 1.165) is 19.3 Å². The van der Waals surface area contributed by atoms with E-state index in [-0.39, 0.29) is 4.90 Å². The van der Waals surface area contributed by atoms with Crippen LogP contribution in [0.4, 0.5) is 0 Å². The number of rotatable bonds is 6. The van der Waals surface area contributed by atoms with E-state index in [9.17, 15) is 8.42 Å². The molecule has 3 nitrogen and oxygen atoms in total. The van der Waals surface area contributed by atoms with Gasteiger partial charge in [-0.15, -0.1) is 0 Å². The van der Waals surface area contributed by atoms with Crippen molar-refractivity contribution in [1.82, 2.24) is 4.31 Å². The first-order valence-electron chi connectivity index (χ1n) is 5.81. The van der Waals surface area contributed by atoms with Crippen LogP contribution in [0.15, 0.2) is 27.6 Å². The highest BCUT2D eigenvalue weighted by Gasteiger charge is 2.20. The lowest BCUT2D eigenvalue weighted by atomic mass is 10.2. The van der Waals surface area contributed by atoms with Gasteiger partial charge in [0.05, 0.1) is 9.92 Å². The zero-order valence-electron chi connectivity index (χ0n) is 10.5. The van der Waals surface area contributed by atoms with E-state index in [1.807, 2.05) is 0 Å². The van der Waals surface area contributed by atoms with Gasteiger partial charge in [0.1, 0.15) is 0 Å². The zero-order chi connectivity index (χ0) is 13.8. The minimum atomic E-state index is -3.41. The molecule has 18 heavy (non-hydrogen) atoms. The Kier molecular flexibility index (Phi) is 6.11. The molecule has 0 unspecified atom stereocenters. The fraction of sp³-hybridized carbons (Fsp3) is 0.500. The summed E-state index contributed by atoms with van der Waals surface area (Å²) in [5.41, 5.74) is 0. The van der Waals surface area contributed by atoms with Crippen molar-refractivity contribution < 1.29 is 8.42 Å². The van der Waals surface area contributed by atoms with Crippen LogP contribution in [0, 0.1) is 0 Å². The molecule has 0 aliphatic rings. The molecular weight excluding hydrogens is 338 g/mol. The lowest BCUT2D eigenvalue weighted by molar-refractivity contribution is 0.454. The minimum absolute atomic E-state index is 0.262. The molecule has 1 rings (SSSR count). The van der Waals surface area contributed by atoms with Crippen LogP contribution in [0.2, 0.25) is 5.02 Å². The van der Waals surface area contributed by atoms with E-state index < -0.39 is 10.0 Å². The lowest BCUT2D eigenvalue weighted by Gasteiger charge is -2.17.